The van der Waals surface area contributed by atoms with Gasteiger partial charge in [-0.05, 0) is 57.9 Å². The van der Waals surface area contributed by atoms with Gasteiger partial charge in [0, 0.05) is 6.08 Å². The Morgan fingerprint density at radius 3 is 2.30 bits per heavy atom. The molecule has 13 heteroatoms. The van der Waals surface area contributed by atoms with Gasteiger partial charge in [-0.15, -0.1) is 0 Å². The lowest BCUT2D eigenvalue weighted by molar-refractivity contribution is -0.356. The fourth-order valence-electron chi connectivity index (χ4n) is 4.58. The van der Waals surface area contributed by atoms with Crippen molar-refractivity contribution in [3.8, 4) is 5.75 Å². The number of hydrogen-bond acceptors (Lipinski definition) is 13. The first-order valence-electron chi connectivity index (χ1n) is 14.3. The summed E-state index contributed by atoms with van der Waals surface area (Å²) in [5.74, 6) is -0.829. The van der Waals surface area contributed by atoms with Crippen LogP contribution in [0.2, 0.25) is 0 Å². The van der Waals surface area contributed by atoms with E-state index in [9.17, 15) is 40.5 Å². The first-order chi connectivity index (χ1) is 20.7. The van der Waals surface area contributed by atoms with Crippen LogP contribution in [0.25, 0.3) is 6.08 Å². The van der Waals surface area contributed by atoms with E-state index in [-0.39, 0.29) is 12.4 Å². The van der Waals surface area contributed by atoms with Crippen LogP contribution in [0.5, 0.6) is 5.75 Å². The van der Waals surface area contributed by atoms with Crippen molar-refractivity contribution in [2.75, 3.05) is 13.2 Å². The molecule has 2 heterocycles. The number of ether oxygens (including phenoxy) is 5. The van der Waals surface area contributed by atoms with Crippen LogP contribution >= 0.6 is 0 Å². The van der Waals surface area contributed by atoms with E-state index in [1.807, 2.05) is 6.92 Å². The van der Waals surface area contributed by atoms with Gasteiger partial charge in [-0.3, -0.25) is 0 Å². The average molecular weight is 625 g/mol. The van der Waals surface area contributed by atoms with Crippen LogP contribution in [0.3, 0.4) is 0 Å². The fourth-order valence-corrected chi connectivity index (χ4v) is 4.58. The second-order valence-electron chi connectivity index (χ2n) is 11.5. The van der Waals surface area contributed by atoms with E-state index < -0.39 is 79.6 Å². The highest BCUT2D eigenvalue weighted by Crippen LogP contribution is 2.31. The molecule has 0 amide bonds. The van der Waals surface area contributed by atoms with Crippen LogP contribution in [0.1, 0.15) is 39.7 Å². The standard InChI is InChI=1S/C31H44O13/c1-17(6-5-14-31(3,4)39)13-15-40-29-26(38)28(44-30-25(37)24(36)23(35)18(2)41-30)27(21(16-32)42-29)43-22(34)12-9-19-7-10-20(33)11-8-19/h5,7-14,18,21,23-30,32-33,35-39H,6,15-16H2,1-4H3/b12-9+,14-5?,17-13+/t18-,21+,23-,24+,25+,26+,27+,28+,29+,30-/m0/s1. The Labute approximate surface area is 256 Å². The number of hydrogen-bond donors (Lipinski definition) is 7. The molecule has 0 aliphatic carbocycles. The molecule has 2 aliphatic heterocycles. The van der Waals surface area contributed by atoms with E-state index in [0.29, 0.717) is 12.0 Å². The number of aliphatic hydroxyl groups excluding tert-OH is 5. The van der Waals surface area contributed by atoms with Crippen molar-refractivity contribution < 1.29 is 64.2 Å². The molecular weight excluding hydrogens is 580 g/mol. The lowest BCUT2D eigenvalue weighted by Gasteiger charge is -2.46. The largest absolute Gasteiger partial charge is 0.508 e. The Kier molecular flexibility index (Phi) is 13.0. The maximum absolute atomic E-state index is 12.8. The molecule has 0 spiro atoms. The number of benzene rings is 1. The molecule has 10 atom stereocenters. The van der Waals surface area contributed by atoms with Crippen molar-refractivity contribution in [1.29, 1.82) is 0 Å². The molecule has 1 aromatic rings. The molecule has 2 fully saturated rings. The van der Waals surface area contributed by atoms with Gasteiger partial charge in [0.1, 0.15) is 42.4 Å². The van der Waals surface area contributed by atoms with E-state index in [1.165, 1.54) is 25.1 Å². The zero-order valence-electron chi connectivity index (χ0n) is 25.2. The predicted octanol–water partition coefficient (Wildman–Crippen LogP) is 0.288. The third-order valence-electron chi connectivity index (χ3n) is 7.11. The minimum Gasteiger partial charge on any atom is -0.508 e. The third-order valence-corrected chi connectivity index (χ3v) is 7.11. The van der Waals surface area contributed by atoms with Gasteiger partial charge in [-0.2, -0.15) is 0 Å². The topological polar surface area (TPSA) is 205 Å². The number of phenols is 1. The average Bonchev–Trinajstić information content (AvgIpc) is 2.96. The van der Waals surface area contributed by atoms with Gasteiger partial charge in [-0.1, -0.05) is 35.9 Å². The quantitative estimate of drug-likeness (QED) is 0.0950. The zero-order valence-corrected chi connectivity index (χ0v) is 25.2. The molecule has 13 nitrogen and oxygen atoms in total. The molecule has 246 valence electrons. The van der Waals surface area contributed by atoms with E-state index in [1.54, 1.807) is 44.2 Å². The molecule has 2 aliphatic rings. The first-order valence-corrected chi connectivity index (χ1v) is 14.3. The molecule has 0 saturated carbocycles. The minimum atomic E-state index is -1.73. The zero-order chi connectivity index (χ0) is 32.6. The van der Waals surface area contributed by atoms with E-state index in [0.717, 1.165) is 11.6 Å². The number of aromatic hydroxyl groups is 1. The minimum absolute atomic E-state index is 0.0148. The summed E-state index contributed by atoms with van der Waals surface area (Å²) in [6.07, 6.45) is -6.16. The van der Waals surface area contributed by atoms with Crippen molar-refractivity contribution in [3.63, 3.8) is 0 Å². The Hall–Kier alpha value is -2.69. The summed E-state index contributed by atoms with van der Waals surface area (Å²) in [5, 5.41) is 71.5. The Bertz CT molecular complexity index is 1140. The number of allylic oxidation sites excluding steroid dienone is 2. The van der Waals surface area contributed by atoms with Gasteiger partial charge in [0.25, 0.3) is 0 Å². The Morgan fingerprint density at radius 2 is 1.66 bits per heavy atom. The van der Waals surface area contributed by atoms with E-state index in [2.05, 4.69) is 0 Å². The summed E-state index contributed by atoms with van der Waals surface area (Å²) in [6.45, 7) is 5.92. The summed E-state index contributed by atoms with van der Waals surface area (Å²) >= 11 is 0. The van der Waals surface area contributed by atoms with Crippen LogP contribution in [-0.4, -0.2) is 122 Å². The summed E-state index contributed by atoms with van der Waals surface area (Å²) < 4.78 is 28.4. The number of aliphatic hydroxyl groups is 6. The van der Waals surface area contributed by atoms with Crippen molar-refractivity contribution in [2.45, 2.75) is 101 Å². The van der Waals surface area contributed by atoms with E-state index >= 15 is 0 Å². The number of rotatable bonds is 12. The highest BCUT2D eigenvalue weighted by atomic mass is 16.7. The third kappa shape index (κ3) is 10.2. The van der Waals surface area contributed by atoms with Crippen molar-refractivity contribution >= 4 is 12.0 Å². The summed E-state index contributed by atoms with van der Waals surface area (Å²) in [4.78, 5) is 12.8. The Balaban J connectivity index is 1.78. The molecule has 2 saturated heterocycles. The second kappa shape index (κ2) is 16.0. The lowest BCUT2D eigenvalue weighted by Crippen LogP contribution is -2.65. The first kappa shape index (κ1) is 35.8. The maximum atomic E-state index is 12.8. The van der Waals surface area contributed by atoms with Crippen LogP contribution in [0.15, 0.2) is 54.1 Å². The van der Waals surface area contributed by atoms with Gasteiger partial charge in [0.2, 0.25) is 0 Å². The van der Waals surface area contributed by atoms with Crippen molar-refractivity contribution in [2.24, 2.45) is 0 Å². The number of phenolic OH excluding ortho intramolecular Hbond substituents is 1. The highest BCUT2D eigenvalue weighted by Gasteiger charge is 2.52. The molecule has 1 aromatic carbocycles. The molecule has 0 unspecified atom stereocenters. The van der Waals surface area contributed by atoms with Gasteiger partial charge in [0.15, 0.2) is 18.7 Å². The van der Waals surface area contributed by atoms with Crippen molar-refractivity contribution in [3.05, 3.63) is 59.7 Å². The van der Waals surface area contributed by atoms with E-state index in [4.69, 9.17) is 23.7 Å². The highest BCUT2D eigenvalue weighted by molar-refractivity contribution is 5.87. The molecule has 0 aromatic heterocycles. The summed E-state index contributed by atoms with van der Waals surface area (Å²) in [6, 6.07) is 6.01. The fraction of sp³-hybridized carbons (Fsp3) is 0.581. The molecule has 0 radical (unpaired) electrons. The van der Waals surface area contributed by atoms with Crippen LogP contribution in [-0.2, 0) is 28.5 Å². The molecular formula is C31H44O13. The number of carbonyl (C=O) groups is 1. The lowest BCUT2D eigenvalue weighted by atomic mass is 9.97. The summed E-state index contributed by atoms with van der Waals surface area (Å²) in [5.41, 5.74) is 0.530. The Morgan fingerprint density at radius 1 is 0.977 bits per heavy atom. The molecule has 0 bridgehead atoms. The SMILES string of the molecule is C/C(=C\CO[C@@H]1O[C@H](CO)[C@@H](OC(=O)/C=C/c2ccc(O)cc2)[C@H](O[C@@H]2O[C@@H](C)[C@H](O)[C@@H](O)[C@H]2O)[C@H]1O)CC=CC(C)(C)O. The number of carbonyl (C=O) groups excluding carboxylic acids is 1. The van der Waals surface area contributed by atoms with Gasteiger partial charge >= 0.3 is 5.97 Å². The molecule has 3 rings (SSSR count). The monoisotopic (exact) mass is 624 g/mol. The van der Waals surface area contributed by atoms with Crippen molar-refractivity contribution in [1.82, 2.24) is 0 Å². The van der Waals surface area contributed by atoms with Crippen LogP contribution in [0.4, 0.5) is 0 Å². The van der Waals surface area contributed by atoms with Gasteiger partial charge < -0.3 is 59.4 Å². The molecule has 44 heavy (non-hydrogen) atoms. The van der Waals surface area contributed by atoms with Crippen LogP contribution in [0, 0.1) is 0 Å². The molecule has 7 N–H and O–H groups in total. The second-order valence-corrected chi connectivity index (χ2v) is 11.5. The summed E-state index contributed by atoms with van der Waals surface area (Å²) in [7, 11) is 0. The smallest absolute Gasteiger partial charge is 0.331 e. The predicted molar refractivity (Wildman–Crippen MR) is 156 cm³/mol. The van der Waals surface area contributed by atoms with Gasteiger partial charge in [-0.25, -0.2) is 4.79 Å². The number of esters is 1. The normalized spacial score (nSPS) is 33.6. The van der Waals surface area contributed by atoms with Crippen LogP contribution < -0.4 is 0 Å². The van der Waals surface area contributed by atoms with Gasteiger partial charge in [0.05, 0.1) is 24.9 Å². The maximum Gasteiger partial charge on any atom is 0.331 e.